The predicted octanol–water partition coefficient (Wildman–Crippen LogP) is 11.2. The number of hydrogen-bond acceptors (Lipinski definition) is 2. The maximum Gasteiger partial charge on any atom is 0.235 e. The Morgan fingerprint density at radius 1 is 0.354 bits per heavy atom. The van der Waals surface area contributed by atoms with Gasteiger partial charge in [-0.05, 0) is 35.0 Å². The molecule has 4 nitrogen and oxygen atoms in total. The smallest absolute Gasteiger partial charge is 0.235 e. The molecule has 4 heteroatoms. The molecule has 0 fully saturated rings. The maximum atomic E-state index is 5.36. The van der Waals surface area contributed by atoms with Gasteiger partial charge in [0, 0.05) is 43.4 Å². The van der Waals surface area contributed by atoms with Crippen molar-refractivity contribution in [3.8, 4) is 28.5 Å². The Morgan fingerprint density at radius 3 is 1.54 bits per heavy atom. The second-order valence-electron chi connectivity index (χ2n) is 12.6. The summed E-state index contributed by atoms with van der Waals surface area (Å²) in [5.41, 5.74) is 9.76. The Labute approximate surface area is 275 Å². The SMILES string of the molecule is c1ccc(-c2cc(-c3ccccc3)nc(-n3c4cccc5c6ccccc6n6c7ccccc7c7c8ccccc8c3c(c54)c76)n2)cc1. The average Bonchev–Trinajstić information content (AvgIpc) is 3.65. The average molecular weight is 611 g/mol. The maximum absolute atomic E-state index is 5.36. The summed E-state index contributed by atoms with van der Waals surface area (Å²) in [6.07, 6.45) is 0. The Balaban J connectivity index is 1.43. The summed E-state index contributed by atoms with van der Waals surface area (Å²) in [6, 6.07) is 56.2. The molecule has 11 rings (SSSR count). The third-order valence-corrected chi connectivity index (χ3v) is 10.0. The molecule has 0 aliphatic carbocycles. The lowest BCUT2D eigenvalue weighted by Crippen LogP contribution is -2.04. The molecular weight excluding hydrogens is 585 g/mol. The van der Waals surface area contributed by atoms with Crippen LogP contribution in [-0.2, 0) is 0 Å². The molecule has 0 N–H and O–H groups in total. The zero-order valence-corrected chi connectivity index (χ0v) is 25.8. The largest absolute Gasteiger partial charge is 0.308 e. The molecule has 0 aliphatic heterocycles. The van der Waals surface area contributed by atoms with Crippen LogP contribution in [-0.4, -0.2) is 18.9 Å². The van der Waals surface area contributed by atoms with Crippen molar-refractivity contribution in [3.05, 3.63) is 158 Å². The molecule has 222 valence electrons. The van der Waals surface area contributed by atoms with Gasteiger partial charge in [0.1, 0.15) is 0 Å². The van der Waals surface area contributed by atoms with Gasteiger partial charge in [0.05, 0.1) is 39.0 Å². The molecule has 11 aromatic rings. The van der Waals surface area contributed by atoms with Crippen molar-refractivity contribution in [3.63, 3.8) is 0 Å². The minimum Gasteiger partial charge on any atom is -0.308 e. The molecule has 0 amide bonds. The zero-order chi connectivity index (χ0) is 31.3. The molecule has 0 atom stereocenters. The van der Waals surface area contributed by atoms with Crippen LogP contribution >= 0.6 is 0 Å². The summed E-state index contributed by atoms with van der Waals surface area (Å²) in [5, 5.41) is 9.85. The number of rotatable bonds is 3. The second-order valence-corrected chi connectivity index (χ2v) is 12.6. The summed E-state index contributed by atoms with van der Waals surface area (Å²) in [7, 11) is 0. The van der Waals surface area contributed by atoms with Crippen molar-refractivity contribution < 1.29 is 0 Å². The summed E-state index contributed by atoms with van der Waals surface area (Å²) in [4.78, 5) is 10.7. The Bertz CT molecular complexity index is 2990. The molecule has 4 aromatic heterocycles. The first-order valence-corrected chi connectivity index (χ1v) is 16.4. The number of benzene rings is 7. The van der Waals surface area contributed by atoms with E-state index >= 15 is 0 Å². The van der Waals surface area contributed by atoms with E-state index in [4.69, 9.17) is 9.97 Å². The van der Waals surface area contributed by atoms with Crippen LogP contribution in [0.15, 0.2) is 158 Å². The van der Waals surface area contributed by atoms with Gasteiger partial charge in [0.25, 0.3) is 0 Å². The normalized spacial score (nSPS) is 12.2. The highest BCUT2D eigenvalue weighted by Crippen LogP contribution is 2.48. The highest BCUT2D eigenvalue weighted by atomic mass is 15.2. The molecule has 0 aliphatic rings. The fourth-order valence-corrected chi connectivity index (χ4v) is 8.11. The van der Waals surface area contributed by atoms with Crippen molar-refractivity contribution in [1.82, 2.24) is 18.9 Å². The highest BCUT2D eigenvalue weighted by Gasteiger charge is 2.27. The number of para-hydroxylation sites is 2. The molecule has 0 saturated carbocycles. The van der Waals surface area contributed by atoms with Gasteiger partial charge in [-0.15, -0.1) is 0 Å². The van der Waals surface area contributed by atoms with Gasteiger partial charge < -0.3 is 4.40 Å². The van der Waals surface area contributed by atoms with Crippen LogP contribution in [0.25, 0.3) is 99.1 Å². The van der Waals surface area contributed by atoms with Crippen LogP contribution in [0.2, 0.25) is 0 Å². The molecule has 4 heterocycles. The van der Waals surface area contributed by atoms with E-state index in [-0.39, 0.29) is 0 Å². The fourth-order valence-electron chi connectivity index (χ4n) is 8.11. The predicted molar refractivity (Wildman–Crippen MR) is 199 cm³/mol. The Morgan fingerprint density at radius 2 is 0.854 bits per heavy atom. The van der Waals surface area contributed by atoms with Crippen LogP contribution in [0.1, 0.15) is 0 Å². The molecule has 0 spiro atoms. The van der Waals surface area contributed by atoms with E-state index in [9.17, 15) is 0 Å². The van der Waals surface area contributed by atoms with Crippen molar-refractivity contribution in [2.45, 2.75) is 0 Å². The van der Waals surface area contributed by atoms with Crippen LogP contribution in [0, 0.1) is 0 Å². The second kappa shape index (κ2) is 9.50. The molecule has 48 heavy (non-hydrogen) atoms. The molecule has 0 radical (unpaired) electrons. The minimum atomic E-state index is 0.661. The number of hydrogen-bond donors (Lipinski definition) is 0. The number of nitrogens with zero attached hydrogens (tertiary/aromatic N) is 4. The van der Waals surface area contributed by atoms with E-state index in [0.717, 1.165) is 33.5 Å². The van der Waals surface area contributed by atoms with Gasteiger partial charge in [-0.25, -0.2) is 9.97 Å². The standard InChI is InChI=1S/C44H26N4/c1-3-14-27(15-4-1)34-26-35(28-16-5-2-6-17-28)46-44(45-34)48-38-25-13-22-30-29-18-9-11-23-36(29)47-37-24-12-10-21-33(37)39-31-19-7-8-20-32(31)42(48)41(40(30)38)43(39)47/h1-26H. The van der Waals surface area contributed by atoms with E-state index in [2.05, 4.69) is 155 Å². The zero-order valence-electron chi connectivity index (χ0n) is 25.8. The minimum absolute atomic E-state index is 0.661. The monoisotopic (exact) mass is 610 g/mol. The van der Waals surface area contributed by atoms with Crippen LogP contribution < -0.4 is 0 Å². The summed E-state index contributed by atoms with van der Waals surface area (Å²) in [6.45, 7) is 0. The van der Waals surface area contributed by atoms with Crippen molar-refractivity contribution >= 4 is 70.7 Å². The molecule has 0 bridgehead atoms. The van der Waals surface area contributed by atoms with E-state index < -0.39 is 0 Å². The first-order valence-electron chi connectivity index (χ1n) is 16.4. The van der Waals surface area contributed by atoms with E-state index in [1.54, 1.807) is 0 Å². The summed E-state index contributed by atoms with van der Waals surface area (Å²) >= 11 is 0. The molecular formula is C44H26N4. The van der Waals surface area contributed by atoms with Gasteiger partial charge in [0.15, 0.2) is 0 Å². The first-order chi connectivity index (χ1) is 23.8. The third kappa shape index (κ3) is 3.33. The lowest BCUT2D eigenvalue weighted by Gasteiger charge is -2.13. The topological polar surface area (TPSA) is 35.1 Å². The van der Waals surface area contributed by atoms with Gasteiger partial charge in [0.2, 0.25) is 5.95 Å². The van der Waals surface area contributed by atoms with Crippen LogP contribution in [0.4, 0.5) is 0 Å². The van der Waals surface area contributed by atoms with Gasteiger partial charge in [-0.3, -0.25) is 4.57 Å². The lowest BCUT2D eigenvalue weighted by atomic mass is 9.98. The fraction of sp³-hybridized carbons (Fsp3) is 0. The molecule has 0 unspecified atom stereocenters. The van der Waals surface area contributed by atoms with Crippen molar-refractivity contribution in [2.75, 3.05) is 0 Å². The van der Waals surface area contributed by atoms with Gasteiger partial charge in [-0.1, -0.05) is 133 Å². The van der Waals surface area contributed by atoms with E-state index in [1.807, 2.05) is 12.1 Å². The van der Waals surface area contributed by atoms with E-state index in [0.29, 0.717) is 5.95 Å². The first kappa shape index (κ1) is 25.6. The lowest BCUT2D eigenvalue weighted by molar-refractivity contribution is 0.998. The van der Waals surface area contributed by atoms with E-state index in [1.165, 1.54) is 59.6 Å². The van der Waals surface area contributed by atoms with Gasteiger partial charge >= 0.3 is 0 Å². The molecule has 0 saturated heterocycles. The quantitative estimate of drug-likeness (QED) is 0.199. The van der Waals surface area contributed by atoms with Crippen molar-refractivity contribution in [1.29, 1.82) is 0 Å². The van der Waals surface area contributed by atoms with Crippen LogP contribution in [0.5, 0.6) is 0 Å². The Kier molecular flexibility index (Phi) is 5.08. The highest BCUT2D eigenvalue weighted by molar-refractivity contribution is 6.40. The molecule has 7 aromatic carbocycles. The van der Waals surface area contributed by atoms with Gasteiger partial charge in [-0.2, -0.15) is 0 Å². The van der Waals surface area contributed by atoms with Crippen LogP contribution in [0.3, 0.4) is 0 Å². The van der Waals surface area contributed by atoms with Crippen molar-refractivity contribution in [2.24, 2.45) is 0 Å². The summed E-state index contributed by atoms with van der Waals surface area (Å²) < 4.78 is 4.82. The number of fused-ring (bicyclic) bond motifs is 9. The Hall–Kier alpha value is -6.52. The summed E-state index contributed by atoms with van der Waals surface area (Å²) in [5.74, 6) is 0.661. The third-order valence-electron chi connectivity index (χ3n) is 10.0. The number of aromatic nitrogens is 4.